The number of hydrogen-bond acceptors (Lipinski definition) is 5. The summed E-state index contributed by atoms with van der Waals surface area (Å²) in [5, 5.41) is 5.07. The van der Waals surface area contributed by atoms with E-state index < -0.39 is 0 Å². The molecule has 1 atom stereocenters. The molecule has 7 heteroatoms. The highest BCUT2D eigenvalue weighted by molar-refractivity contribution is 6.30. The summed E-state index contributed by atoms with van der Waals surface area (Å²) in [6, 6.07) is 13.3. The van der Waals surface area contributed by atoms with E-state index >= 15 is 0 Å². The molecule has 31 heavy (non-hydrogen) atoms. The molecule has 1 unspecified atom stereocenters. The van der Waals surface area contributed by atoms with Crippen molar-refractivity contribution in [2.45, 2.75) is 18.8 Å². The fourth-order valence-corrected chi connectivity index (χ4v) is 4.40. The van der Waals surface area contributed by atoms with Gasteiger partial charge in [0.15, 0.2) is 11.4 Å². The first-order valence-electron chi connectivity index (χ1n) is 9.95. The summed E-state index contributed by atoms with van der Waals surface area (Å²) in [7, 11) is 3.25. The predicted molar refractivity (Wildman–Crippen MR) is 118 cm³/mol. The van der Waals surface area contributed by atoms with Gasteiger partial charge in [-0.3, -0.25) is 4.79 Å². The number of methoxy groups -OCH3 is 2. The smallest absolute Gasteiger partial charge is 0.166 e. The zero-order valence-corrected chi connectivity index (χ0v) is 17.9. The number of rotatable bonds is 4. The molecule has 5 rings (SSSR count). The van der Waals surface area contributed by atoms with Crippen molar-refractivity contribution in [3.63, 3.8) is 0 Å². The van der Waals surface area contributed by atoms with Gasteiger partial charge in [-0.2, -0.15) is 5.10 Å². The first-order chi connectivity index (χ1) is 15.1. The molecular weight excluding hydrogens is 414 g/mol. The number of ether oxygens (including phenoxy) is 2. The van der Waals surface area contributed by atoms with Crippen molar-refractivity contribution in [1.29, 1.82) is 0 Å². The van der Waals surface area contributed by atoms with E-state index in [0.29, 0.717) is 40.6 Å². The molecule has 0 amide bonds. The number of ketones is 1. The molecule has 4 aromatic rings. The number of carbonyl (C=O) groups excluding carboxylic acids is 1. The van der Waals surface area contributed by atoms with Crippen LogP contribution in [-0.4, -0.2) is 34.6 Å². The van der Waals surface area contributed by atoms with Crippen LogP contribution in [0, 0.1) is 0 Å². The minimum absolute atomic E-state index is 0.0200. The standard InChI is InChI=1S/C24H20ClN3O3/c1-30-17-6-7-18(23(11-17)31-2)15-9-21-20(22(29)10-15)13-28-24(27-21)19(12-26-28)14-4-3-5-16(25)8-14/h3-8,11-13,15H,9-10H2,1-2H3. The molecule has 0 aliphatic heterocycles. The van der Waals surface area contributed by atoms with Crippen LogP contribution in [0.2, 0.25) is 5.02 Å². The predicted octanol–water partition coefficient (Wildman–Crippen LogP) is 4.98. The molecule has 0 fully saturated rings. The fraction of sp³-hybridized carbons (Fsp3) is 0.208. The zero-order chi connectivity index (χ0) is 21.5. The Hall–Kier alpha value is -3.38. The van der Waals surface area contributed by atoms with Gasteiger partial charge in [0, 0.05) is 35.2 Å². The van der Waals surface area contributed by atoms with Gasteiger partial charge >= 0.3 is 0 Å². The van der Waals surface area contributed by atoms with Gasteiger partial charge in [-0.1, -0.05) is 29.8 Å². The largest absolute Gasteiger partial charge is 0.497 e. The Morgan fingerprint density at radius 1 is 1.06 bits per heavy atom. The summed E-state index contributed by atoms with van der Waals surface area (Å²) < 4.78 is 12.5. The number of Topliss-reactive ketones (excluding diaryl/α,β-unsaturated/α-hetero) is 1. The van der Waals surface area contributed by atoms with Crippen LogP contribution in [0.15, 0.2) is 54.9 Å². The van der Waals surface area contributed by atoms with E-state index in [4.69, 9.17) is 26.1 Å². The summed E-state index contributed by atoms with van der Waals surface area (Å²) >= 11 is 6.17. The van der Waals surface area contributed by atoms with E-state index in [9.17, 15) is 4.79 Å². The Balaban J connectivity index is 1.58. The van der Waals surface area contributed by atoms with Crippen molar-refractivity contribution >= 4 is 23.0 Å². The summed E-state index contributed by atoms with van der Waals surface area (Å²) in [5.41, 5.74) is 4.89. The van der Waals surface area contributed by atoms with Crippen molar-refractivity contribution in [2.24, 2.45) is 0 Å². The normalized spacial score (nSPS) is 15.7. The highest BCUT2D eigenvalue weighted by Crippen LogP contribution is 2.38. The van der Waals surface area contributed by atoms with Gasteiger partial charge in [-0.25, -0.2) is 9.50 Å². The fourth-order valence-electron chi connectivity index (χ4n) is 4.21. The molecule has 0 N–H and O–H groups in total. The molecule has 0 saturated carbocycles. The number of halogens is 1. The lowest BCUT2D eigenvalue weighted by Crippen LogP contribution is -2.21. The van der Waals surface area contributed by atoms with E-state index in [0.717, 1.165) is 22.4 Å². The first kappa shape index (κ1) is 19.6. The summed E-state index contributed by atoms with van der Waals surface area (Å²) in [6.07, 6.45) is 4.58. The summed E-state index contributed by atoms with van der Waals surface area (Å²) in [5.74, 6) is 1.46. The Kier molecular flexibility index (Phi) is 4.87. The number of benzene rings is 2. The molecule has 1 aliphatic rings. The third-order valence-electron chi connectivity index (χ3n) is 5.76. The monoisotopic (exact) mass is 433 g/mol. The van der Waals surface area contributed by atoms with Crippen LogP contribution in [0.3, 0.4) is 0 Å². The molecule has 1 aliphatic carbocycles. The van der Waals surface area contributed by atoms with Gasteiger partial charge in [0.2, 0.25) is 0 Å². The minimum Gasteiger partial charge on any atom is -0.497 e. The molecule has 2 heterocycles. The lowest BCUT2D eigenvalue weighted by molar-refractivity contribution is 0.0962. The molecule has 2 aromatic carbocycles. The van der Waals surface area contributed by atoms with Crippen molar-refractivity contribution in [2.75, 3.05) is 14.2 Å². The second kappa shape index (κ2) is 7.71. The average molecular weight is 434 g/mol. The van der Waals surface area contributed by atoms with Crippen LogP contribution >= 0.6 is 11.6 Å². The van der Waals surface area contributed by atoms with Gasteiger partial charge in [0.05, 0.1) is 31.7 Å². The van der Waals surface area contributed by atoms with Gasteiger partial charge in [-0.05, 0) is 35.7 Å². The Morgan fingerprint density at radius 3 is 2.71 bits per heavy atom. The average Bonchev–Trinajstić information content (AvgIpc) is 3.20. The van der Waals surface area contributed by atoms with Crippen LogP contribution in [-0.2, 0) is 6.42 Å². The highest BCUT2D eigenvalue weighted by atomic mass is 35.5. The third-order valence-corrected chi connectivity index (χ3v) is 6.00. The SMILES string of the molecule is COc1ccc(C2CC(=O)c3cn4ncc(-c5cccc(Cl)c5)c4nc3C2)c(OC)c1. The number of aromatic nitrogens is 3. The van der Waals surface area contributed by atoms with E-state index in [1.165, 1.54) is 0 Å². The number of carbonyl (C=O) groups is 1. The topological polar surface area (TPSA) is 65.7 Å². The van der Waals surface area contributed by atoms with E-state index in [1.807, 2.05) is 42.5 Å². The molecule has 6 nitrogen and oxygen atoms in total. The van der Waals surface area contributed by atoms with Crippen molar-refractivity contribution in [3.05, 3.63) is 76.7 Å². The number of fused-ring (bicyclic) bond motifs is 2. The van der Waals surface area contributed by atoms with Crippen molar-refractivity contribution < 1.29 is 14.3 Å². The summed E-state index contributed by atoms with van der Waals surface area (Å²) in [6.45, 7) is 0. The van der Waals surface area contributed by atoms with E-state index in [2.05, 4.69) is 5.10 Å². The Morgan fingerprint density at radius 2 is 1.94 bits per heavy atom. The van der Waals surface area contributed by atoms with Crippen LogP contribution in [0.25, 0.3) is 16.8 Å². The van der Waals surface area contributed by atoms with E-state index in [-0.39, 0.29) is 11.7 Å². The Labute approximate surface area is 184 Å². The van der Waals surface area contributed by atoms with Crippen LogP contribution < -0.4 is 9.47 Å². The quantitative estimate of drug-likeness (QED) is 0.454. The molecule has 0 saturated heterocycles. The third kappa shape index (κ3) is 3.43. The van der Waals surface area contributed by atoms with Gasteiger partial charge in [0.1, 0.15) is 11.5 Å². The maximum Gasteiger partial charge on any atom is 0.166 e. The highest BCUT2D eigenvalue weighted by Gasteiger charge is 2.30. The maximum absolute atomic E-state index is 13.0. The van der Waals surface area contributed by atoms with Crippen molar-refractivity contribution in [3.8, 4) is 22.6 Å². The van der Waals surface area contributed by atoms with Gasteiger partial charge in [-0.15, -0.1) is 0 Å². The van der Waals surface area contributed by atoms with Crippen LogP contribution in [0.4, 0.5) is 0 Å². The molecular formula is C24H20ClN3O3. The van der Waals surface area contributed by atoms with Crippen molar-refractivity contribution in [1.82, 2.24) is 14.6 Å². The molecule has 0 radical (unpaired) electrons. The first-order valence-corrected chi connectivity index (χ1v) is 10.3. The summed E-state index contributed by atoms with van der Waals surface area (Å²) in [4.78, 5) is 17.9. The van der Waals surface area contributed by atoms with E-state index in [1.54, 1.807) is 31.1 Å². The van der Waals surface area contributed by atoms with Gasteiger partial charge in [0.25, 0.3) is 0 Å². The second-order valence-corrected chi connectivity index (χ2v) is 8.01. The number of nitrogens with zero attached hydrogens (tertiary/aromatic N) is 3. The zero-order valence-electron chi connectivity index (χ0n) is 17.1. The second-order valence-electron chi connectivity index (χ2n) is 7.57. The maximum atomic E-state index is 13.0. The molecule has 2 aromatic heterocycles. The molecule has 0 bridgehead atoms. The van der Waals surface area contributed by atoms with Gasteiger partial charge < -0.3 is 9.47 Å². The van der Waals surface area contributed by atoms with Crippen LogP contribution in [0.5, 0.6) is 11.5 Å². The molecule has 156 valence electrons. The Bertz CT molecular complexity index is 1310. The van der Waals surface area contributed by atoms with Crippen LogP contribution in [0.1, 0.15) is 34.0 Å². The lowest BCUT2D eigenvalue weighted by Gasteiger charge is -2.25. The minimum atomic E-state index is -0.0200. The molecule has 0 spiro atoms. The lowest BCUT2D eigenvalue weighted by atomic mass is 9.81. The number of hydrogen-bond donors (Lipinski definition) is 0.